The van der Waals surface area contributed by atoms with Crippen LogP contribution in [0.5, 0.6) is 5.75 Å². The highest BCUT2D eigenvalue weighted by molar-refractivity contribution is 6.21. The molecule has 16 heavy (non-hydrogen) atoms. The SMILES string of the molecule is COC1C(Cl)CC1Oc1c(F)cccc1F. The summed E-state index contributed by atoms with van der Waals surface area (Å²) in [6, 6.07) is 3.59. The predicted octanol–water partition coefficient (Wildman–Crippen LogP) is 2.74. The van der Waals surface area contributed by atoms with Gasteiger partial charge in [-0.25, -0.2) is 8.78 Å². The standard InChI is InChI=1S/C11H11ClF2O2/c1-15-10-6(12)5-9(10)16-11-7(13)3-2-4-8(11)14/h2-4,6,9-10H,5H2,1H3. The fraction of sp³-hybridized carbons (Fsp3) is 0.455. The van der Waals surface area contributed by atoms with E-state index in [2.05, 4.69) is 0 Å². The number of ether oxygens (including phenoxy) is 2. The molecule has 5 heteroatoms. The molecule has 2 rings (SSSR count). The van der Waals surface area contributed by atoms with Crippen molar-refractivity contribution in [3.05, 3.63) is 29.8 Å². The summed E-state index contributed by atoms with van der Waals surface area (Å²) < 4.78 is 36.8. The minimum Gasteiger partial charge on any atom is -0.481 e. The van der Waals surface area contributed by atoms with Gasteiger partial charge >= 0.3 is 0 Å². The van der Waals surface area contributed by atoms with Crippen molar-refractivity contribution >= 4 is 11.6 Å². The lowest BCUT2D eigenvalue weighted by molar-refractivity contribution is -0.0609. The molecule has 0 saturated heterocycles. The summed E-state index contributed by atoms with van der Waals surface area (Å²) in [4.78, 5) is 0. The Morgan fingerprint density at radius 2 is 1.94 bits per heavy atom. The number of hydrogen-bond acceptors (Lipinski definition) is 2. The zero-order valence-electron chi connectivity index (χ0n) is 8.62. The first-order chi connectivity index (χ1) is 7.63. The van der Waals surface area contributed by atoms with E-state index in [1.54, 1.807) is 0 Å². The Labute approximate surface area is 97.1 Å². The van der Waals surface area contributed by atoms with Crippen LogP contribution < -0.4 is 4.74 Å². The number of alkyl halides is 1. The molecule has 88 valence electrons. The van der Waals surface area contributed by atoms with Crippen LogP contribution in [0.25, 0.3) is 0 Å². The number of para-hydroxylation sites is 1. The number of hydrogen-bond donors (Lipinski definition) is 0. The van der Waals surface area contributed by atoms with Crippen LogP contribution in [0.3, 0.4) is 0 Å². The maximum Gasteiger partial charge on any atom is 0.191 e. The van der Waals surface area contributed by atoms with E-state index in [9.17, 15) is 8.78 Å². The molecule has 1 fully saturated rings. The van der Waals surface area contributed by atoms with Crippen LogP contribution in [0.2, 0.25) is 0 Å². The van der Waals surface area contributed by atoms with Crippen molar-refractivity contribution in [2.24, 2.45) is 0 Å². The first-order valence-corrected chi connectivity index (χ1v) is 5.34. The van der Waals surface area contributed by atoms with E-state index in [-0.39, 0.29) is 23.3 Å². The van der Waals surface area contributed by atoms with Gasteiger partial charge in [0.05, 0.1) is 5.38 Å². The van der Waals surface area contributed by atoms with Crippen molar-refractivity contribution < 1.29 is 18.3 Å². The fourth-order valence-corrected chi connectivity index (χ4v) is 2.13. The van der Waals surface area contributed by atoms with E-state index in [4.69, 9.17) is 21.1 Å². The zero-order valence-corrected chi connectivity index (χ0v) is 9.38. The topological polar surface area (TPSA) is 18.5 Å². The molecular weight excluding hydrogens is 238 g/mol. The Morgan fingerprint density at radius 3 is 2.44 bits per heavy atom. The molecule has 1 aromatic rings. The number of methoxy groups -OCH3 is 1. The molecule has 0 spiro atoms. The largest absolute Gasteiger partial charge is 0.481 e. The van der Waals surface area contributed by atoms with E-state index in [1.165, 1.54) is 13.2 Å². The first kappa shape index (κ1) is 11.6. The maximum atomic E-state index is 13.3. The molecule has 0 N–H and O–H groups in total. The van der Waals surface area contributed by atoms with Gasteiger partial charge in [-0.3, -0.25) is 0 Å². The van der Waals surface area contributed by atoms with Crippen LogP contribution >= 0.6 is 11.6 Å². The van der Waals surface area contributed by atoms with Gasteiger partial charge in [-0.15, -0.1) is 11.6 Å². The zero-order chi connectivity index (χ0) is 11.7. The smallest absolute Gasteiger partial charge is 0.191 e. The lowest BCUT2D eigenvalue weighted by Gasteiger charge is -2.39. The molecule has 0 radical (unpaired) electrons. The van der Waals surface area contributed by atoms with Gasteiger partial charge in [0.25, 0.3) is 0 Å². The second-order valence-corrected chi connectivity index (χ2v) is 4.22. The Hall–Kier alpha value is -0.870. The van der Waals surface area contributed by atoms with Gasteiger partial charge < -0.3 is 9.47 Å². The van der Waals surface area contributed by atoms with Gasteiger partial charge in [-0.05, 0) is 12.1 Å². The van der Waals surface area contributed by atoms with Crippen LogP contribution in [-0.2, 0) is 4.74 Å². The molecule has 3 unspecified atom stereocenters. The monoisotopic (exact) mass is 248 g/mol. The lowest BCUT2D eigenvalue weighted by Crippen LogP contribution is -2.52. The molecule has 3 atom stereocenters. The third-order valence-corrected chi connectivity index (χ3v) is 3.07. The van der Waals surface area contributed by atoms with E-state index in [0.717, 1.165) is 12.1 Å². The summed E-state index contributed by atoms with van der Waals surface area (Å²) in [5.74, 6) is -1.79. The van der Waals surface area contributed by atoms with Crippen molar-refractivity contribution in [2.45, 2.75) is 24.0 Å². The summed E-state index contributed by atoms with van der Waals surface area (Å²) in [5.41, 5.74) is 0. The minimum absolute atomic E-state index is 0.162. The number of rotatable bonds is 3. The Balaban J connectivity index is 2.10. The molecule has 0 aliphatic heterocycles. The molecule has 1 aliphatic rings. The van der Waals surface area contributed by atoms with E-state index in [0.29, 0.717) is 6.42 Å². The molecule has 0 bridgehead atoms. The van der Waals surface area contributed by atoms with Crippen molar-refractivity contribution in [2.75, 3.05) is 7.11 Å². The Bertz CT molecular complexity index is 366. The highest BCUT2D eigenvalue weighted by atomic mass is 35.5. The second-order valence-electron chi connectivity index (χ2n) is 3.66. The van der Waals surface area contributed by atoms with Gasteiger partial charge in [0, 0.05) is 13.5 Å². The van der Waals surface area contributed by atoms with Gasteiger partial charge in [0.1, 0.15) is 12.2 Å². The van der Waals surface area contributed by atoms with Crippen LogP contribution in [0.4, 0.5) is 8.78 Å². The summed E-state index contributed by atoms with van der Waals surface area (Å²) in [6.45, 7) is 0. The van der Waals surface area contributed by atoms with Gasteiger partial charge in [0.2, 0.25) is 0 Å². The van der Waals surface area contributed by atoms with E-state index < -0.39 is 11.6 Å². The molecule has 0 aromatic heterocycles. The molecule has 1 aliphatic carbocycles. The van der Waals surface area contributed by atoms with Crippen LogP contribution in [-0.4, -0.2) is 24.7 Å². The predicted molar refractivity (Wildman–Crippen MR) is 55.8 cm³/mol. The summed E-state index contributed by atoms with van der Waals surface area (Å²) in [6.07, 6.45) is -0.187. The van der Waals surface area contributed by atoms with Crippen LogP contribution in [0.1, 0.15) is 6.42 Å². The van der Waals surface area contributed by atoms with Crippen LogP contribution in [0.15, 0.2) is 18.2 Å². The third-order valence-electron chi connectivity index (χ3n) is 2.64. The summed E-state index contributed by atoms with van der Waals surface area (Å²) in [5, 5.41) is -0.162. The minimum atomic E-state index is -0.715. The van der Waals surface area contributed by atoms with E-state index >= 15 is 0 Å². The molecule has 1 saturated carbocycles. The lowest BCUT2D eigenvalue weighted by atomic mass is 9.91. The van der Waals surface area contributed by atoms with Crippen molar-refractivity contribution in [1.29, 1.82) is 0 Å². The number of benzene rings is 1. The van der Waals surface area contributed by atoms with E-state index in [1.807, 2.05) is 0 Å². The Kier molecular flexibility index (Phi) is 3.30. The van der Waals surface area contributed by atoms with Crippen molar-refractivity contribution in [3.63, 3.8) is 0 Å². The Morgan fingerprint density at radius 1 is 1.31 bits per heavy atom. The number of halogens is 3. The fourth-order valence-electron chi connectivity index (χ4n) is 1.69. The molecule has 1 aromatic carbocycles. The quantitative estimate of drug-likeness (QED) is 0.766. The average molecular weight is 249 g/mol. The highest BCUT2D eigenvalue weighted by Crippen LogP contribution is 2.34. The third kappa shape index (κ3) is 1.99. The van der Waals surface area contributed by atoms with Gasteiger partial charge in [-0.1, -0.05) is 6.07 Å². The van der Waals surface area contributed by atoms with Crippen molar-refractivity contribution in [3.8, 4) is 5.75 Å². The summed E-state index contributed by atoms with van der Waals surface area (Å²) >= 11 is 5.86. The molecule has 2 nitrogen and oxygen atoms in total. The van der Waals surface area contributed by atoms with Crippen LogP contribution in [0, 0.1) is 11.6 Å². The molecule has 0 amide bonds. The molecular formula is C11H11ClF2O2. The first-order valence-electron chi connectivity index (χ1n) is 4.91. The normalized spacial score (nSPS) is 28.6. The van der Waals surface area contributed by atoms with Gasteiger partial charge in [-0.2, -0.15) is 0 Å². The summed E-state index contributed by atoms with van der Waals surface area (Å²) in [7, 11) is 1.49. The van der Waals surface area contributed by atoms with Gasteiger partial charge in [0.15, 0.2) is 17.4 Å². The second kappa shape index (κ2) is 4.55. The van der Waals surface area contributed by atoms with Crippen molar-refractivity contribution in [1.82, 2.24) is 0 Å². The molecule has 0 heterocycles. The average Bonchev–Trinajstić information content (AvgIpc) is 2.22. The highest BCUT2D eigenvalue weighted by Gasteiger charge is 2.42. The maximum absolute atomic E-state index is 13.3.